The Morgan fingerprint density at radius 1 is 1.29 bits per heavy atom. The van der Waals surface area contributed by atoms with Crippen LogP contribution in [0, 0.1) is 0 Å². The molecule has 9 heteroatoms. The first kappa shape index (κ1) is 16.2. The molecule has 2 heterocycles. The molecule has 1 amide bonds. The highest BCUT2D eigenvalue weighted by atomic mass is 32.1. The Morgan fingerprint density at radius 2 is 2.08 bits per heavy atom. The highest BCUT2D eigenvalue weighted by molar-refractivity contribution is 7.14. The van der Waals surface area contributed by atoms with E-state index in [4.69, 9.17) is 0 Å². The zero-order valence-electron chi connectivity index (χ0n) is 13.0. The molecule has 3 rings (SSSR count). The average Bonchev–Trinajstić information content (AvgIpc) is 3.22. The molecule has 1 aromatic carbocycles. The van der Waals surface area contributed by atoms with Crippen LogP contribution >= 0.6 is 11.3 Å². The zero-order chi connectivity index (χ0) is 16.9. The summed E-state index contributed by atoms with van der Waals surface area (Å²) in [6.07, 6.45) is 0.942. The maximum Gasteiger partial charge on any atom is 0.273 e. The summed E-state index contributed by atoms with van der Waals surface area (Å²) in [5.41, 5.74) is 1.19. The zero-order valence-corrected chi connectivity index (χ0v) is 13.8. The minimum absolute atomic E-state index is 0.198. The van der Waals surface area contributed by atoms with Gasteiger partial charge >= 0.3 is 0 Å². The molecule has 8 nitrogen and oxygen atoms in total. The Labute approximate surface area is 142 Å². The van der Waals surface area contributed by atoms with Gasteiger partial charge in [0.2, 0.25) is 0 Å². The number of nitrogens with zero attached hydrogens (tertiary/aromatic N) is 5. The number of carbonyl (C=O) groups is 1. The molecule has 24 heavy (non-hydrogen) atoms. The van der Waals surface area contributed by atoms with Crippen molar-refractivity contribution in [3.05, 3.63) is 47.2 Å². The lowest BCUT2D eigenvalue weighted by atomic mass is 10.2. The second-order valence-electron chi connectivity index (χ2n) is 5.22. The topological polar surface area (TPSA) is 106 Å². The van der Waals surface area contributed by atoms with E-state index < -0.39 is 6.10 Å². The van der Waals surface area contributed by atoms with Gasteiger partial charge in [-0.25, -0.2) is 4.68 Å². The molecule has 3 aromatic rings. The van der Waals surface area contributed by atoms with Crippen molar-refractivity contribution in [1.29, 1.82) is 0 Å². The number of amides is 1. The molecule has 2 aromatic heterocycles. The van der Waals surface area contributed by atoms with Crippen molar-refractivity contribution in [2.45, 2.75) is 26.1 Å². The monoisotopic (exact) mass is 344 g/mol. The first-order valence-corrected chi connectivity index (χ1v) is 8.17. The van der Waals surface area contributed by atoms with Crippen LogP contribution < -0.4 is 5.32 Å². The van der Waals surface area contributed by atoms with Gasteiger partial charge in [-0.05, 0) is 6.92 Å². The highest BCUT2D eigenvalue weighted by Crippen LogP contribution is 2.22. The molecule has 2 N–H and O–H groups in total. The summed E-state index contributed by atoms with van der Waals surface area (Å²) in [6, 6.07) is 9.74. The lowest BCUT2D eigenvalue weighted by Gasteiger charge is -2.01. The fraction of sp³-hybridized carbons (Fsp3) is 0.267. The number of rotatable bonds is 6. The minimum atomic E-state index is -0.555. The van der Waals surface area contributed by atoms with Crippen LogP contribution in [0.5, 0.6) is 0 Å². The molecule has 124 valence electrons. The average molecular weight is 344 g/mol. The van der Waals surface area contributed by atoms with E-state index in [1.807, 2.05) is 30.3 Å². The van der Waals surface area contributed by atoms with Crippen LogP contribution in [0.2, 0.25) is 0 Å². The molecule has 0 aliphatic heterocycles. The summed E-state index contributed by atoms with van der Waals surface area (Å²) in [6.45, 7) is 2.20. The summed E-state index contributed by atoms with van der Waals surface area (Å²) in [5, 5.41) is 29.4. The third kappa shape index (κ3) is 4.00. The van der Waals surface area contributed by atoms with Gasteiger partial charge in [-0.3, -0.25) is 4.79 Å². The molecule has 0 bridgehead atoms. The van der Waals surface area contributed by atoms with Crippen molar-refractivity contribution in [3.63, 3.8) is 0 Å². The van der Waals surface area contributed by atoms with E-state index in [2.05, 4.69) is 25.8 Å². The van der Waals surface area contributed by atoms with E-state index in [9.17, 15) is 9.90 Å². The second kappa shape index (κ2) is 7.28. The van der Waals surface area contributed by atoms with Gasteiger partial charge in [-0.15, -0.1) is 15.3 Å². The molecule has 0 fully saturated rings. The summed E-state index contributed by atoms with van der Waals surface area (Å²) in [4.78, 5) is 12.1. The predicted molar refractivity (Wildman–Crippen MR) is 88.2 cm³/mol. The first-order chi connectivity index (χ1) is 11.6. The van der Waals surface area contributed by atoms with Gasteiger partial charge in [-0.1, -0.05) is 46.9 Å². The minimum Gasteiger partial charge on any atom is -0.391 e. The van der Waals surface area contributed by atoms with Crippen molar-refractivity contribution in [2.75, 3.05) is 0 Å². The van der Waals surface area contributed by atoms with Crippen LogP contribution in [0.15, 0.2) is 36.5 Å². The predicted octanol–water partition coefficient (Wildman–Crippen LogP) is 1.11. The number of carbonyl (C=O) groups excluding carboxylic acids is 1. The normalized spacial score (nSPS) is 12.1. The van der Waals surface area contributed by atoms with Crippen molar-refractivity contribution in [2.24, 2.45) is 0 Å². The number of hydrogen-bond donors (Lipinski definition) is 2. The van der Waals surface area contributed by atoms with E-state index in [1.54, 1.807) is 6.92 Å². The maximum absolute atomic E-state index is 12.1. The summed E-state index contributed by atoms with van der Waals surface area (Å²) in [7, 11) is 0. The van der Waals surface area contributed by atoms with E-state index >= 15 is 0 Å². The summed E-state index contributed by atoms with van der Waals surface area (Å²) >= 11 is 1.43. The Balaban J connectivity index is 1.59. The van der Waals surface area contributed by atoms with Crippen LogP contribution in [-0.2, 0) is 13.1 Å². The third-order valence-corrected chi connectivity index (χ3v) is 4.08. The van der Waals surface area contributed by atoms with Gasteiger partial charge in [-0.2, -0.15) is 0 Å². The van der Waals surface area contributed by atoms with Gasteiger partial charge < -0.3 is 10.4 Å². The number of aliphatic hydroxyl groups excluding tert-OH is 1. The number of benzene rings is 1. The molecule has 0 radical (unpaired) electrons. The van der Waals surface area contributed by atoms with E-state index in [0.717, 1.165) is 10.6 Å². The largest absolute Gasteiger partial charge is 0.391 e. The molecule has 0 saturated carbocycles. The van der Waals surface area contributed by atoms with Gasteiger partial charge in [0, 0.05) is 5.56 Å². The number of aromatic nitrogens is 5. The van der Waals surface area contributed by atoms with Crippen molar-refractivity contribution < 1.29 is 9.90 Å². The number of hydrogen-bond acceptors (Lipinski definition) is 7. The van der Waals surface area contributed by atoms with Crippen LogP contribution in [0.4, 0.5) is 0 Å². The molecule has 0 aliphatic carbocycles. The van der Waals surface area contributed by atoms with Crippen molar-refractivity contribution >= 4 is 17.2 Å². The Kier molecular flexibility index (Phi) is 4.92. The van der Waals surface area contributed by atoms with E-state index in [1.165, 1.54) is 22.2 Å². The molecular formula is C15H16N6O2S. The molecule has 1 atom stereocenters. The van der Waals surface area contributed by atoms with Crippen LogP contribution in [0.25, 0.3) is 10.6 Å². The Hall–Kier alpha value is -2.65. The highest BCUT2D eigenvalue weighted by Gasteiger charge is 2.13. The van der Waals surface area contributed by atoms with Crippen LogP contribution in [0.3, 0.4) is 0 Å². The van der Waals surface area contributed by atoms with Gasteiger partial charge in [0.15, 0.2) is 5.69 Å². The molecule has 0 saturated heterocycles. The molecule has 0 unspecified atom stereocenters. The molecule has 0 spiro atoms. The fourth-order valence-corrected chi connectivity index (χ4v) is 2.82. The first-order valence-electron chi connectivity index (χ1n) is 7.36. The van der Waals surface area contributed by atoms with Crippen LogP contribution in [-0.4, -0.2) is 42.3 Å². The van der Waals surface area contributed by atoms with E-state index in [-0.39, 0.29) is 24.7 Å². The standard InChI is InChI=1S/C15H16N6O2S/c1-10(22)8-21-9-12(17-20-21)14(23)16-7-13-18-19-15(24-13)11-5-3-2-4-6-11/h2-6,9-10,22H,7-8H2,1H3,(H,16,23)/t10-/m0/s1. The van der Waals surface area contributed by atoms with Gasteiger partial charge in [0.05, 0.1) is 25.4 Å². The third-order valence-electron chi connectivity index (χ3n) is 3.11. The quantitative estimate of drug-likeness (QED) is 0.694. The summed E-state index contributed by atoms with van der Waals surface area (Å²) < 4.78 is 1.43. The number of aliphatic hydroxyl groups is 1. The Bertz CT molecular complexity index is 814. The van der Waals surface area contributed by atoms with Gasteiger partial charge in [0.25, 0.3) is 5.91 Å². The number of nitrogens with one attached hydrogen (secondary N) is 1. The SMILES string of the molecule is C[C@H](O)Cn1cc(C(=O)NCc2nnc(-c3ccccc3)s2)nn1. The lowest BCUT2D eigenvalue weighted by Crippen LogP contribution is -2.23. The lowest BCUT2D eigenvalue weighted by molar-refractivity contribution is 0.0945. The second-order valence-corrected chi connectivity index (χ2v) is 6.29. The fourth-order valence-electron chi connectivity index (χ4n) is 2.03. The Morgan fingerprint density at radius 3 is 2.83 bits per heavy atom. The molecular weight excluding hydrogens is 328 g/mol. The smallest absolute Gasteiger partial charge is 0.273 e. The van der Waals surface area contributed by atoms with Crippen LogP contribution in [0.1, 0.15) is 22.4 Å². The van der Waals surface area contributed by atoms with E-state index in [0.29, 0.717) is 5.01 Å². The maximum atomic E-state index is 12.1. The molecule has 0 aliphatic rings. The van der Waals surface area contributed by atoms with Crippen molar-refractivity contribution in [3.8, 4) is 10.6 Å². The van der Waals surface area contributed by atoms with Gasteiger partial charge in [0.1, 0.15) is 10.0 Å². The van der Waals surface area contributed by atoms with Crippen molar-refractivity contribution in [1.82, 2.24) is 30.5 Å². The summed E-state index contributed by atoms with van der Waals surface area (Å²) in [5.74, 6) is -0.344.